The van der Waals surface area contributed by atoms with Gasteiger partial charge in [0.25, 0.3) is 0 Å². The Morgan fingerprint density at radius 3 is 2.50 bits per heavy atom. The summed E-state index contributed by atoms with van der Waals surface area (Å²) in [6.45, 7) is 4.35. The number of carbonyl (C=O) groups excluding carboxylic acids is 2. The van der Waals surface area contributed by atoms with Crippen LogP contribution in [0.5, 0.6) is 0 Å². The molecule has 5 heteroatoms. The number of ether oxygens (including phenoxy) is 1. The van der Waals surface area contributed by atoms with Crippen LogP contribution >= 0.6 is 0 Å². The number of carboxylic acid groups (broad SMARTS) is 1. The minimum Gasteiger partial charge on any atom is -0.481 e. The number of aliphatic carboxylic acids is 1. The molecule has 0 radical (unpaired) electrons. The van der Waals surface area contributed by atoms with Crippen molar-refractivity contribution in [2.75, 3.05) is 6.61 Å². The molecule has 1 unspecified atom stereocenters. The number of carboxylic acids is 1. The lowest BCUT2D eigenvalue weighted by Gasteiger charge is -2.04. The van der Waals surface area contributed by atoms with Crippen molar-refractivity contribution in [1.29, 1.82) is 0 Å². The van der Waals surface area contributed by atoms with Gasteiger partial charge in [0.1, 0.15) is 11.7 Å². The lowest BCUT2D eigenvalue weighted by Crippen LogP contribution is -2.22. The third kappa shape index (κ3) is 4.39. The fourth-order valence-corrected chi connectivity index (χ4v) is 0.665. The molecule has 0 aliphatic heterocycles. The number of hydrogen-bond donors (Lipinski definition) is 1. The molecule has 0 bridgehead atoms. The van der Waals surface area contributed by atoms with Crippen LogP contribution in [0.4, 0.5) is 0 Å². The van der Waals surface area contributed by atoms with E-state index in [0.29, 0.717) is 0 Å². The van der Waals surface area contributed by atoms with Crippen molar-refractivity contribution >= 4 is 17.7 Å². The lowest BCUT2D eigenvalue weighted by atomic mass is 10.1. The molecule has 78 valence electrons. The van der Waals surface area contributed by atoms with Gasteiger partial charge in [-0.15, -0.1) is 0 Å². The highest BCUT2D eigenvalue weighted by Gasteiger charge is 2.19. The maximum absolute atomic E-state index is 11.1. The Morgan fingerprint density at radius 2 is 2.07 bits per heavy atom. The fraction of sp³-hybridized carbons (Fsp3) is 0.444. The molecule has 0 aromatic heterocycles. The number of carbonyl (C=O) groups is 3. The van der Waals surface area contributed by atoms with Crippen LogP contribution in [0.15, 0.2) is 12.7 Å². The van der Waals surface area contributed by atoms with Crippen molar-refractivity contribution < 1.29 is 24.2 Å². The van der Waals surface area contributed by atoms with Crippen LogP contribution in [0.25, 0.3) is 0 Å². The molecule has 0 fully saturated rings. The smallest absolute Gasteiger partial charge is 0.330 e. The molecule has 0 aliphatic rings. The monoisotopic (exact) mass is 200 g/mol. The summed E-state index contributed by atoms with van der Waals surface area (Å²) in [7, 11) is 0. The van der Waals surface area contributed by atoms with Crippen molar-refractivity contribution in [3.8, 4) is 0 Å². The van der Waals surface area contributed by atoms with Crippen LogP contribution in [0.1, 0.15) is 13.3 Å². The van der Waals surface area contributed by atoms with Gasteiger partial charge >= 0.3 is 11.9 Å². The van der Waals surface area contributed by atoms with Crippen LogP contribution in [-0.4, -0.2) is 29.4 Å². The van der Waals surface area contributed by atoms with Crippen LogP contribution in [-0.2, 0) is 19.1 Å². The van der Waals surface area contributed by atoms with Crippen molar-refractivity contribution in [2.45, 2.75) is 13.3 Å². The molecule has 1 N–H and O–H groups in total. The third-order valence-corrected chi connectivity index (χ3v) is 1.61. The molecule has 0 aromatic carbocycles. The molecule has 0 heterocycles. The van der Waals surface area contributed by atoms with Gasteiger partial charge in [-0.1, -0.05) is 6.58 Å². The molecule has 0 rings (SSSR count). The van der Waals surface area contributed by atoms with Gasteiger partial charge in [0.2, 0.25) is 0 Å². The molecule has 0 spiro atoms. The van der Waals surface area contributed by atoms with Crippen LogP contribution in [0.2, 0.25) is 0 Å². The Kier molecular flexibility index (Phi) is 5.21. The molecule has 14 heavy (non-hydrogen) atoms. The molecular weight excluding hydrogens is 188 g/mol. The first-order valence-corrected chi connectivity index (χ1v) is 4.03. The Hall–Kier alpha value is -1.65. The summed E-state index contributed by atoms with van der Waals surface area (Å²) in [6.07, 6.45) is 0.887. The van der Waals surface area contributed by atoms with E-state index in [4.69, 9.17) is 5.11 Å². The number of ketones is 1. The molecule has 0 aromatic rings. The average molecular weight is 200 g/mol. The zero-order valence-corrected chi connectivity index (χ0v) is 7.86. The van der Waals surface area contributed by atoms with Crippen molar-refractivity contribution in [3.05, 3.63) is 12.7 Å². The van der Waals surface area contributed by atoms with Gasteiger partial charge < -0.3 is 9.84 Å². The van der Waals surface area contributed by atoms with Gasteiger partial charge in [-0.25, -0.2) is 4.79 Å². The minimum absolute atomic E-state index is 0.0902. The predicted molar refractivity (Wildman–Crippen MR) is 47.6 cm³/mol. The van der Waals surface area contributed by atoms with E-state index in [1.165, 1.54) is 6.92 Å². The third-order valence-electron chi connectivity index (χ3n) is 1.61. The van der Waals surface area contributed by atoms with Gasteiger partial charge in [0, 0.05) is 12.5 Å². The first-order valence-electron chi connectivity index (χ1n) is 4.03. The highest BCUT2D eigenvalue weighted by atomic mass is 16.5. The Labute approximate surface area is 81.4 Å². The highest BCUT2D eigenvalue weighted by molar-refractivity contribution is 5.97. The molecule has 0 aliphatic carbocycles. The summed E-state index contributed by atoms with van der Waals surface area (Å²) in [6, 6.07) is 0. The summed E-state index contributed by atoms with van der Waals surface area (Å²) >= 11 is 0. The second-order valence-corrected chi connectivity index (χ2v) is 2.65. The second-order valence-electron chi connectivity index (χ2n) is 2.65. The van der Waals surface area contributed by atoms with Gasteiger partial charge in [-0.2, -0.15) is 0 Å². The minimum atomic E-state index is -1.18. The van der Waals surface area contributed by atoms with Crippen molar-refractivity contribution in [2.24, 2.45) is 5.92 Å². The summed E-state index contributed by atoms with van der Waals surface area (Å²) in [5.74, 6) is -3.32. The lowest BCUT2D eigenvalue weighted by molar-refractivity contribution is -0.146. The quantitative estimate of drug-likeness (QED) is 0.381. The molecule has 0 saturated carbocycles. The standard InChI is InChI=1S/C9H12O5/c1-3-8(11)14-5-4-7(10)6(2)9(12)13/h3,6H,1,4-5H2,2H3,(H,12,13). The molecular formula is C9H12O5. The zero-order valence-electron chi connectivity index (χ0n) is 7.86. The molecule has 0 saturated heterocycles. The normalized spacial score (nSPS) is 11.5. The highest BCUT2D eigenvalue weighted by Crippen LogP contribution is 2.01. The SMILES string of the molecule is C=CC(=O)OCCC(=O)C(C)C(=O)O. The zero-order chi connectivity index (χ0) is 11.1. The van der Waals surface area contributed by atoms with E-state index in [1.54, 1.807) is 0 Å². The van der Waals surface area contributed by atoms with E-state index < -0.39 is 23.6 Å². The average Bonchev–Trinajstić information content (AvgIpc) is 2.15. The van der Waals surface area contributed by atoms with Crippen LogP contribution < -0.4 is 0 Å². The Bertz CT molecular complexity index is 256. The number of esters is 1. The second kappa shape index (κ2) is 5.90. The van der Waals surface area contributed by atoms with Crippen LogP contribution in [0.3, 0.4) is 0 Å². The number of Topliss-reactive ketones (excluding diaryl/α,β-unsaturated/α-hetero) is 1. The summed E-state index contributed by atoms with van der Waals surface area (Å²) < 4.78 is 4.52. The van der Waals surface area contributed by atoms with Gasteiger partial charge in [-0.3, -0.25) is 9.59 Å². The van der Waals surface area contributed by atoms with Gasteiger partial charge in [-0.05, 0) is 6.92 Å². The molecule has 5 nitrogen and oxygen atoms in total. The van der Waals surface area contributed by atoms with E-state index >= 15 is 0 Å². The van der Waals surface area contributed by atoms with E-state index in [0.717, 1.165) is 6.08 Å². The first-order chi connectivity index (χ1) is 6.49. The summed E-state index contributed by atoms with van der Waals surface area (Å²) in [5.41, 5.74) is 0. The maximum Gasteiger partial charge on any atom is 0.330 e. The maximum atomic E-state index is 11.1. The van der Waals surface area contributed by atoms with E-state index in [2.05, 4.69) is 11.3 Å². The van der Waals surface area contributed by atoms with E-state index in [1.807, 2.05) is 0 Å². The fourth-order valence-electron chi connectivity index (χ4n) is 0.665. The summed E-state index contributed by atoms with van der Waals surface area (Å²) in [5, 5.41) is 8.46. The van der Waals surface area contributed by atoms with Crippen molar-refractivity contribution in [1.82, 2.24) is 0 Å². The Morgan fingerprint density at radius 1 is 1.50 bits per heavy atom. The Balaban J connectivity index is 3.80. The van der Waals surface area contributed by atoms with Gasteiger partial charge in [0.05, 0.1) is 6.61 Å². The van der Waals surface area contributed by atoms with E-state index in [9.17, 15) is 14.4 Å². The topological polar surface area (TPSA) is 80.7 Å². The first kappa shape index (κ1) is 12.3. The molecule has 1 atom stereocenters. The predicted octanol–water partition coefficient (Wildman–Crippen LogP) is 0.395. The molecule has 0 amide bonds. The van der Waals surface area contributed by atoms with Crippen molar-refractivity contribution in [3.63, 3.8) is 0 Å². The van der Waals surface area contributed by atoms with Crippen LogP contribution in [0, 0.1) is 5.92 Å². The number of rotatable bonds is 6. The number of hydrogen-bond acceptors (Lipinski definition) is 4. The van der Waals surface area contributed by atoms with E-state index in [-0.39, 0.29) is 13.0 Å². The largest absolute Gasteiger partial charge is 0.481 e. The summed E-state index contributed by atoms with van der Waals surface area (Å²) in [4.78, 5) is 31.9. The van der Waals surface area contributed by atoms with Gasteiger partial charge in [0.15, 0.2) is 0 Å².